The number of piperazine rings is 1. The van der Waals surface area contributed by atoms with Crippen LogP contribution in [0.1, 0.15) is 30.9 Å². The van der Waals surface area contributed by atoms with Crippen molar-refractivity contribution in [2.45, 2.75) is 39.3 Å². The van der Waals surface area contributed by atoms with E-state index in [-0.39, 0.29) is 5.91 Å². The molecule has 6 heteroatoms. The molecule has 2 N–H and O–H groups in total. The molecule has 25 heavy (non-hydrogen) atoms. The number of hydrogen-bond acceptors (Lipinski definition) is 4. The quantitative estimate of drug-likeness (QED) is 0.819. The van der Waals surface area contributed by atoms with Crippen molar-refractivity contribution in [2.75, 3.05) is 36.5 Å². The third-order valence-corrected chi connectivity index (χ3v) is 6.55. The maximum absolute atomic E-state index is 12.4. The smallest absolute Gasteiger partial charge is 0.224 e. The number of halogens is 1. The summed E-state index contributed by atoms with van der Waals surface area (Å²) in [4.78, 5) is 14.8. The van der Waals surface area contributed by atoms with E-state index in [0.717, 1.165) is 49.6 Å². The fourth-order valence-electron chi connectivity index (χ4n) is 3.63. The van der Waals surface area contributed by atoms with Gasteiger partial charge in [-0.05, 0) is 61.0 Å². The van der Waals surface area contributed by atoms with Gasteiger partial charge in [-0.25, -0.2) is 0 Å². The Balaban J connectivity index is 1.67. The van der Waals surface area contributed by atoms with E-state index in [9.17, 15) is 4.79 Å². The van der Waals surface area contributed by atoms with Gasteiger partial charge >= 0.3 is 0 Å². The minimum Gasteiger partial charge on any atom is -0.326 e. The lowest BCUT2D eigenvalue weighted by Crippen LogP contribution is -2.48. The summed E-state index contributed by atoms with van der Waals surface area (Å²) in [6, 6.07) is 4.42. The van der Waals surface area contributed by atoms with Crippen LogP contribution in [0.4, 0.5) is 5.69 Å². The van der Waals surface area contributed by atoms with Crippen molar-refractivity contribution in [1.82, 2.24) is 10.2 Å². The Bertz CT molecular complexity index is 619. The van der Waals surface area contributed by atoms with Gasteiger partial charge < -0.3 is 10.6 Å². The molecule has 2 unspecified atom stereocenters. The summed E-state index contributed by atoms with van der Waals surface area (Å²) < 4.78 is 0. The Morgan fingerprint density at radius 3 is 3.04 bits per heavy atom. The van der Waals surface area contributed by atoms with Crippen LogP contribution in [-0.2, 0) is 11.3 Å². The van der Waals surface area contributed by atoms with Crippen LogP contribution in [-0.4, -0.2) is 48.0 Å². The standard InChI is InChI=1S/C19H28ClN3OS/c1-13-10-23(5-4-21-13)11-16-8-17(20)9-18(14(16)2)22-19(24)7-15-3-6-25-12-15/h8-9,13,15,21H,3-7,10-12H2,1-2H3,(H,22,24). The maximum Gasteiger partial charge on any atom is 0.224 e. The van der Waals surface area contributed by atoms with E-state index in [1.165, 1.54) is 11.3 Å². The van der Waals surface area contributed by atoms with E-state index >= 15 is 0 Å². The van der Waals surface area contributed by atoms with Crippen molar-refractivity contribution in [2.24, 2.45) is 5.92 Å². The molecule has 0 aromatic heterocycles. The number of carbonyl (C=O) groups is 1. The molecular formula is C19H28ClN3OS. The maximum atomic E-state index is 12.4. The molecule has 2 heterocycles. The van der Waals surface area contributed by atoms with Crippen LogP contribution in [0.2, 0.25) is 5.02 Å². The number of benzene rings is 1. The second-order valence-electron chi connectivity index (χ2n) is 7.31. The third kappa shape index (κ3) is 5.36. The predicted octanol–water partition coefficient (Wildman–Crippen LogP) is 3.52. The van der Waals surface area contributed by atoms with Gasteiger partial charge in [-0.2, -0.15) is 11.8 Å². The molecule has 2 aliphatic rings. The van der Waals surface area contributed by atoms with Crippen molar-refractivity contribution in [3.8, 4) is 0 Å². The molecule has 138 valence electrons. The van der Waals surface area contributed by atoms with Crippen LogP contribution >= 0.6 is 23.4 Å². The average Bonchev–Trinajstić information content (AvgIpc) is 3.04. The Morgan fingerprint density at radius 2 is 2.32 bits per heavy atom. The highest BCUT2D eigenvalue weighted by molar-refractivity contribution is 7.99. The van der Waals surface area contributed by atoms with Crippen molar-refractivity contribution in [1.29, 1.82) is 0 Å². The van der Waals surface area contributed by atoms with Crippen LogP contribution in [0.25, 0.3) is 0 Å². The van der Waals surface area contributed by atoms with E-state index in [2.05, 4.69) is 29.4 Å². The van der Waals surface area contributed by atoms with Gasteiger partial charge in [0.1, 0.15) is 0 Å². The number of hydrogen-bond donors (Lipinski definition) is 2. The summed E-state index contributed by atoms with van der Waals surface area (Å²) in [7, 11) is 0. The fraction of sp³-hybridized carbons (Fsp3) is 0.632. The van der Waals surface area contributed by atoms with E-state index in [4.69, 9.17) is 11.6 Å². The number of thioether (sulfide) groups is 1. The summed E-state index contributed by atoms with van der Waals surface area (Å²) in [5.41, 5.74) is 3.19. The van der Waals surface area contributed by atoms with Crippen LogP contribution in [0.5, 0.6) is 0 Å². The SMILES string of the molecule is Cc1c(CN2CCNC(C)C2)cc(Cl)cc1NC(=O)CC1CCSC1. The summed E-state index contributed by atoms with van der Waals surface area (Å²) in [6.45, 7) is 8.26. The minimum atomic E-state index is 0.111. The average molecular weight is 382 g/mol. The number of nitrogens with one attached hydrogen (secondary N) is 2. The lowest BCUT2D eigenvalue weighted by molar-refractivity contribution is -0.116. The van der Waals surface area contributed by atoms with E-state index in [1.807, 2.05) is 23.9 Å². The number of carbonyl (C=O) groups excluding carboxylic acids is 1. The first-order valence-electron chi connectivity index (χ1n) is 9.13. The third-order valence-electron chi connectivity index (χ3n) is 5.10. The highest BCUT2D eigenvalue weighted by Crippen LogP contribution is 2.29. The van der Waals surface area contributed by atoms with Crippen molar-refractivity contribution < 1.29 is 4.79 Å². The van der Waals surface area contributed by atoms with Gasteiger partial charge in [0.05, 0.1) is 0 Å². The van der Waals surface area contributed by atoms with Gasteiger partial charge in [-0.1, -0.05) is 11.6 Å². The predicted molar refractivity (Wildman–Crippen MR) is 108 cm³/mol. The van der Waals surface area contributed by atoms with Crippen molar-refractivity contribution >= 4 is 35.0 Å². The molecule has 4 nitrogen and oxygen atoms in total. The molecule has 0 radical (unpaired) electrons. The molecule has 2 fully saturated rings. The summed E-state index contributed by atoms with van der Waals surface area (Å²) in [5.74, 6) is 2.92. The van der Waals surface area contributed by atoms with Crippen LogP contribution in [0.15, 0.2) is 12.1 Å². The summed E-state index contributed by atoms with van der Waals surface area (Å²) in [6.07, 6.45) is 1.77. The van der Waals surface area contributed by atoms with Gasteiger partial charge in [0.15, 0.2) is 0 Å². The zero-order valence-corrected chi connectivity index (χ0v) is 16.7. The fourth-order valence-corrected chi connectivity index (χ4v) is 5.16. The van der Waals surface area contributed by atoms with Crippen molar-refractivity contribution in [3.05, 3.63) is 28.3 Å². The Morgan fingerprint density at radius 1 is 1.48 bits per heavy atom. The number of rotatable bonds is 5. The van der Waals surface area contributed by atoms with E-state index in [1.54, 1.807) is 0 Å². The number of nitrogens with zero attached hydrogens (tertiary/aromatic N) is 1. The van der Waals surface area contributed by atoms with Gasteiger partial charge in [-0.3, -0.25) is 9.69 Å². The highest BCUT2D eigenvalue weighted by Gasteiger charge is 2.21. The topological polar surface area (TPSA) is 44.4 Å². The lowest BCUT2D eigenvalue weighted by atomic mass is 10.0. The molecule has 2 aliphatic heterocycles. The first-order chi connectivity index (χ1) is 12.0. The van der Waals surface area contributed by atoms with Crippen LogP contribution < -0.4 is 10.6 Å². The molecule has 2 atom stereocenters. The van der Waals surface area contributed by atoms with Gasteiger partial charge in [-0.15, -0.1) is 0 Å². The molecule has 1 amide bonds. The zero-order valence-electron chi connectivity index (χ0n) is 15.1. The van der Waals surface area contributed by atoms with Crippen LogP contribution in [0.3, 0.4) is 0 Å². The molecular weight excluding hydrogens is 354 g/mol. The number of anilines is 1. The first kappa shape index (κ1) is 19.0. The molecule has 3 rings (SSSR count). The molecule has 0 saturated carbocycles. The zero-order chi connectivity index (χ0) is 17.8. The molecule has 1 aromatic rings. The lowest BCUT2D eigenvalue weighted by Gasteiger charge is -2.32. The molecule has 0 bridgehead atoms. The monoisotopic (exact) mass is 381 g/mol. The van der Waals surface area contributed by atoms with Gasteiger partial charge in [0, 0.05) is 49.4 Å². The minimum absolute atomic E-state index is 0.111. The second kappa shape index (κ2) is 8.76. The van der Waals surface area contributed by atoms with Crippen molar-refractivity contribution in [3.63, 3.8) is 0 Å². The molecule has 0 aliphatic carbocycles. The molecule has 2 saturated heterocycles. The van der Waals surface area contributed by atoms with Crippen LogP contribution in [0, 0.1) is 12.8 Å². The summed E-state index contributed by atoms with van der Waals surface area (Å²) in [5, 5.41) is 7.26. The van der Waals surface area contributed by atoms with E-state index < -0.39 is 0 Å². The highest BCUT2D eigenvalue weighted by atomic mass is 35.5. The normalized spacial score (nSPS) is 24.4. The van der Waals surface area contributed by atoms with E-state index in [0.29, 0.717) is 23.4 Å². The Labute approximate surface area is 160 Å². The largest absolute Gasteiger partial charge is 0.326 e. The Hall–Kier alpha value is -0.750. The second-order valence-corrected chi connectivity index (χ2v) is 8.90. The Kier molecular flexibility index (Phi) is 6.67. The summed E-state index contributed by atoms with van der Waals surface area (Å²) >= 11 is 8.28. The van der Waals surface area contributed by atoms with Gasteiger partial charge in [0.2, 0.25) is 5.91 Å². The number of amides is 1. The first-order valence-corrected chi connectivity index (χ1v) is 10.7. The van der Waals surface area contributed by atoms with Gasteiger partial charge in [0.25, 0.3) is 0 Å². The molecule has 1 aromatic carbocycles. The molecule has 0 spiro atoms.